The number of furan rings is 1. The average Bonchev–Trinajstić information content (AvgIpc) is 3.37. The zero-order chi connectivity index (χ0) is 25.6. The van der Waals surface area contributed by atoms with E-state index in [9.17, 15) is 4.79 Å². The number of carbonyl (C=O) groups excluding carboxylic acids is 1. The number of anilines is 4. The lowest BCUT2D eigenvalue weighted by Crippen LogP contribution is -2.45. The van der Waals surface area contributed by atoms with Crippen LogP contribution in [0.4, 0.5) is 23.0 Å². The zero-order valence-electron chi connectivity index (χ0n) is 21.3. The van der Waals surface area contributed by atoms with Gasteiger partial charge in [0.1, 0.15) is 11.5 Å². The molecule has 2 N–H and O–H groups in total. The van der Waals surface area contributed by atoms with Crippen molar-refractivity contribution in [3.05, 3.63) is 84.4 Å². The second-order valence-electron chi connectivity index (χ2n) is 9.18. The maximum absolute atomic E-state index is 11.2. The molecule has 3 heterocycles. The molecule has 1 saturated heterocycles. The summed E-state index contributed by atoms with van der Waals surface area (Å²) in [5, 5.41) is 6.08. The van der Waals surface area contributed by atoms with E-state index in [1.807, 2.05) is 30.3 Å². The number of amides is 1. The molecule has 8 nitrogen and oxygen atoms in total. The van der Waals surface area contributed by atoms with Crippen molar-refractivity contribution in [3.63, 3.8) is 0 Å². The Balaban J connectivity index is 1.16. The van der Waals surface area contributed by atoms with Gasteiger partial charge in [-0.1, -0.05) is 19.1 Å². The van der Waals surface area contributed by atoms with Crippen molar-refractivity contribution >= 4 is 28.9 Å². The average molecular weight is 497 g/mol. The first kappa shape index (κ1) is 24.5. The van der Waals surface area contributed by atoms with Crippen molar-refractivity contribution < 1.29 is 9.21 Å². The first-order chi connectivity index (χ1) is 18.1. The zero-order valence-corrected chi connectivity index (χ0v) is 21.3. The highest BCUT2D eigenvalue weighted by molar-refractivity contribution is 5.88. The van der Waals surface area contributed by atoms with Crippen LogP contribution in [0.1, 0.15) is 25.4 Å². The molecular formula is C29H32N6O2. The van der Waals surface area contributed by atoms with Crippen LogP contribution in [-0.2, 0) is 17.8 Å². The highest BCUT2D eigenvalue weighted by atomic mass is 16.3. The summed E-state index contributed by atoms with van der Waals surface area (Å²) in [5.74, 6) is 2.55. The van der Waals surface area contributed by atoms with Crippen molar-refractivity contribution in [2.45, 2.75) is 26.8 Å². The minimum atomic E-state index is -0.0925. The quantitative estimate of drug-likeness (QED) is 0.341. The summed E-state index contributed by atoms with van der Waals surface area (Å²) >= 11 is 0. The summed E-state index contributed by atoms with van der Waals surface area (Å²) in [7, 11) is 0. The van der Waals surface area contributed by atoms with Gasteiger partial charge < -0.3 is 20.0 Å². The van der Waals surface area contributed by atoms with Crippen LogP contribution in [0.2, 0.25) is 0 Å². The molecule has 1 fully saturated rings. The van der Waals surface area contributed by atoms with Crippen molar-refractivity contribution in [1.82, 2.24) is 14.9 Å². The van der Waals surface area contributed by atoms with Gasteiger partial charge in [-0.05, 0) is 54.6 Å². The topological polar surface area (TPSA) is 86.5 Å². The summed E-state index contributed by atoms with van der Waals surface area (Å²) < 4.78 is 5.87. The summed E-state index contributed by atoms with van der Waals surface area (Å²) in [6.07, 6.45) is 2.68. The molecule has 2 aromatic heterocycles. The molecule has 2 aromatic carbocycles. The molecule has 4 aromatic rings. The van der Waals surface area contributed by atoms with E-state index in [4.69, 9.17) is 4.42 Å². The predicted octanol–water partition coefficient (Wildman–Crippen LogP) is 5.32. The largest absolute Gasteiger partial charge is 0.465 e. The molecule has 0 saturated carbocycles. The van der Waals surface area contributed by atoms with Gasteiger partial charge in [0.15, 0.2) is 0 Å². The molecule has 1 aliphatic rings. The number of piperazine rings is 1. The Morgan fingerprint density at radius 3 is 2.27 bits per heavy atom. The summed E-state index contributed by atoms with van der Waals surface area (Å²) in [4.78, 5) is 25.1. The Hall–Kier alpha value is -4.17. The Morgan fingerprint density at radius 2 is 1.59 bits per heavy atom. The number of aromatic nitrogens is 2. The predicted molar refractivity (Wildman–Crippen MR) is 147 cm³/mol. The Labute approximate surface area is 217 Å². The molecule has 0 bridgehead atoms. The molecule has 8 heteroatoms. The van der Waals surface area contributed by atoms with Gasteiger partial charge in [0.25, 0.3) is 0 Å². The number of nitrogens with zero attached hydrogens (tertiary/aromatic N) is 4. The van der Waals surface area contributed by atoms with Crippen molar-refractivity contribution in [2.24, 2.45) is 0 Å². The fourth-order valence-corrected chi connectivity index (χ4v) is 4.47. The summed E-state index contributed by atoms with van der Waals surface area (Å²) in [6, 6.07) is 22.1. The number of nitrogens with one attached hydrogen (secondary N) is 2. The number of rotatable bonds is 8. The monoisotopic (exact) mass is 496 g/mol. The Kier molecular flexibility index (Phi) is 7.46. The third-order valence-corrected chi connectivity index (χ3v) is 6.46. The molecule has 0 unspecified atom stereocenters. The van der Waals surface area contributed by atoms with E-state index >= 15 is 0 Å². The number of benzene rings is 2. The van der Waals surface area contributed by atoms with E-state index in [0.717, 1.165) is 73.3 Å². The molecule has 1 aliphatic heterocycles. The van der Waals surface area contributed by atoms with Crippen LogP contribution in [-0.4, -0.2) is 47.0 Å². The van der Waals surface area contributed by atoms with E-state index in [2.05, 4.69) is 73.7 Å². The van der Waals surface area contributed by atoms with Gasteiger partial charge in [-0.25, -0.2) is 9.97 Å². The van der Waals surface area contributed by atoms with Crippen molar-refractivity contribution in [3.8, 4) is 11.3 Å². The van der Waals surface area contributed by atoms with Crippen molar-refractivity contribution in [2.75, 3.05) is 41.7 Å². The van der Waals surface area contributed by atoms with Gasteiger partial charge in [-0.15, -0.1) is 0 Å². The van der Waals surface area contributed by atoms with Crippen LogP contribution in [0, 0.1) is 0 Å². The van der Waals surface area contributed by atoms with E-state index in [-0.39, 0.29) is 5.91 Å². The minimum Gasteiger partial charge on any atom is -0.465 e. The van der Waals surface area contributed by atoms with Crippen LogP contribution in [0.3, 0.4) is 0 Å². The highest BCUT2D eigenvalue weighted by Gasteiger charge is 2.18. The lowest BCUT2D eigenvalue weighted by molar-refractivity contribution is -0.114. The molecule has 37 heavy (non-hydrogen) atoms. The van der Waals surface area contributed by atoms with Crippen LogP contribution < -0.4 is 15.5 Å². The van der Waals surface area contributed by atoms with E-state index in [1.165, 1.54) is 12.6 Å². The molecule has 5 rings (SSSR count). The number of aryl methyl sites for hydroxylation is 1. The van der Waals surface area contributed by atoms with E-state index in [1.54, 1.807) is 6.20 Å². The molecule has 1 amide bonds. The lowest BCUT2D eigenvalue weighted by atomic mass is 10.1. The van der Waals surface area contributed by atoms with Gasteiger partial charge in [0.2, 0.25) is 11.9 Å². The standard InChI is InChI=1S/C29H32N6O2/c1-3-26-12-13-27(37-26)20-34-16-18-35(19-17-34)25-10-8-24(9-11-25)32-29-30-15-14-28(33-29)22-4-6-23(7-5-22)31-21(2)36/h4-15H,3,16-20H2,1-2H3,(H,31,36)(H,30,32,33). The summed E-state index contributed by atoms with van der Waals surface area (Å²) in [5.41, 5.74) is 4.66. The molecule has 0 atom stereocenters. The van der Waals surface area contributed by atoms with E-state index in [0.29, 0.717) is 5.95 Å². The molecule has 0 spiro atoms. The van der Waals surface area contributed by atoms with Crippen LogP contribution in [0.25, 0.3) is 11.3 Å². The second kappa shape index (κ2) is 11.3. The Bertz CT molecular complexity index is 1330. The van der Waals surface area contributed by atoms with Crippen molar-refractivity contribution in [1.29, 1.82) is 0 Å². The van der Waals surface area contributed by atoms with Gasteiger partial charge in [0, 0.05) is 68.3 Å². The number of hydrogen-bond donors (Lipinski definition) is 2. The number of carbonyl (C=O) groups is 1. The number of hydrogen-bond acceptors (Lipinski definition) is 7. The summed E-state index contributed by atoms with van der Waals surface area (Å²) in [6.45, 7) is 8.47. The van der Waals surface area contributed by atoms with Gasteiger partial charge >= 0.3 is 0 Å². The first-order valence-corrected chi connectivity index (χ1v) is 12.7. The fourth-order valence-electron chi connectivity index (χ4n) is 4.47. The minimum absolute atomic E-state index is 0.0925. The van der Waals surface area contributed by atoms with E-state index < -0.39 is 0 Å². The van der Waals surface area contributed by atoms with Gasteiger partial charge in [-0.2, -0.15) is 0 Å². The first-order valence-electron chi connectivity index (χ1n) is 12.7. The smallest absolute Gasteiger partial charge is 0.227 e. The molecular weight excluding hydrogens is 464 g/mol. The van der Waals surface area contributed by atoms with Gasteiger partial charge in [0.05, 0.1) is 12.2 Å². The van der Waals surface area contributed by atoms with Crippen LogP contribution in [0.5, 0.6) is 0 Å². The van der Waals surface area contributed by atoms with Crippen LogP contribution in [0.15, 0.2) is 77.3 Å². The SMILES string of the molecule is CCc1ccc(CN2CCN(c3ccc(Nc4nccc(-c5ccc(NC(C)=O)cc5)n4)cc3)CC2)o1. The normalized spacial score (nSPS) is 13.9. The highest BCUT2D eigenvalue weighted by Crippen LogP contribution is 2.24. The van der Waals surface area contributed by atoms with Crippen LogP contribution >= 0.6 is 0 Å². The third-order valence-electron chi connectivity index (χ3n) is 6.46. The third kappa shape index (κ3) is 6.34. The van der Waals surface area contributed by atoms with Gasteiger partial charge in [-0.3, -0.25) is 9.69 Å². The second-order valence-corrected chi connectivity index (χ2v) is 9.18. The maximum atomic E-state index is 11.2. The fraction of sp³-hybridized carbons (Fsp3) is 0.276. The molecule has 190 valence electrons. The Morgan fingerprint density at radius 1 is 0.892 bits per heavy atom. The molecule has 0 aliphatic carbocycles. The maximum Gasteiger partial charge on any atom is 0.227 e. The lowest BCUT2D eigenvalue weighted by Gasteiger charge is -2.35. The molecule has 0 radical (unpaired) electrons.